The van der Waals surface area contributed by atoms with Crippen molar-refractivity contribution in [2.75, 3.05) is 32.7 Å². The molecule has 2 heterocycles. The van der Waals surface area contributed by atoms with Gasteiger partial charge < -0.3 is 10.0 Å². The second-order valence-electron chi connectivity index (χ2n) is 9.36. The smallest absolute Gasteiger partial charge is 0.0940 e. The first-order valence-corrected chi connectivity index (χ1v) is 11.0. The van der Waals surface area contributed by atoms with Crippen molar-refractivity contribution >= 4 is 0 Å². The fraction of sp³-hybridized carbons (Fsp3) is 0.739. The van der Waals surface area contributed by atoms with Crippen LogP contribution in [-0.2, 0) is 12.0 Å². The van der Waals surface area contributed by atoms with E-state index in [-0.39, 0.29) is 0 Å². The van der Waals surface area contributed by atoms with Crippen molar-refractivity contribution in [3.63, 3.8) is 0 Å². The van der Waals surface area contributed by atoms with E-state index in [1.54, 1.807) is 0 Å². The van der Waals surface area contributed by atoms with Gasteiger partial charge in [-0.25, -0.2) is 0 Å². The number of likely N-dealkylation sites (tertiary alicyclic amines) is 2. The molecule has 1 aromatic rings. The summed E-state index contributed by atoms with van der Waals surface area (Å²) in [4.78, 5) is 5.27. The maximum atomic E-state index is 11.6. The summed E-state index contributed by atoms with van der Waals surface area (Å²) in [5.41, 5.74) is 2.00. The number of rotatable bonds is 5. The third kappa shape index (κ3) is 3.02. The normalized spacial score (nSPS) is 35.7. The van der Waals surface area contributed by atoms with Gasteiger partial charge in [0.25, 0.3) is 0 Å². The van der Waals surface area contributed by atoms with Crippen molar-refractivity contribution in [3.05, 3.63) is 35.4 Å². The lowest BCUT2D eigenvalue weighted by molar-refractivity contribution is -0.0103. The lowest BCUT2D eigenvalue weighted by Crippen LogP contribution is -2.41. The van der Waals surface area contributed by atoms with E-state index in [1.807, 2.05) is 0 Å². The highest BCUT2D eigenvalue weighted by molar-refractivity contribution is 5.30. The Labute approximate surface area is 158 Å². The number of hydrogen-bond donors (Lipinski definition) is 1. The molecule has 0 radical (unpaired) electrons. The lowest BCUT2D eigenvalue weighted by atomic mass is 9.82. The van der Waals surface area contributed by atoms with Gasteiger partial charge in [-0.2, -0.15) is 0 Å². The summed E-state index contributed by atoms with van der Waals surface area (Å²) < 4.78 is 0. The van der Waals surface area contributed by atoms with Crippen molar-refractivity contribution in [3.8, 4) is 0 Å². The Balaban J connectivity index is 1.25. The molecule has 2 saturated heterocycles. The second-order valence-corrected chi connectivity index (χ2v) is 9.36. The molecule has 2 aliphatic carbocycles. The summed E-state index contributed by atoms with van der Waals surface area (Å²) in [5.74, 6) is 1.15. The predicted octanol–water partition coefficient (Wildman–Crippen LogP) is 3.41. The average Bonchev–Trinajstić information content (AvgIpc) is 3.32. The van der Waals surface area contributed by atoms with Crippen LogP contribution in [0.15, 0.2) is 24.3 Å². The third-order valence-corrected chi connectivity index (χ3v) is 7.94. The molecule has 4 fully saturated rings. The van der Waals surface area contributed by atoms with Gasteiger partial charge in [0.15, 0.2) is 0 Å². The van der Waals surface area contributed by atoms with E-state index in [0.29, 0.717) is 11.8 Å². The largest absolute Gasteiger partial charge is 0.385 e. The zero-order chi connectivity index (χ0) is 17.6. The second kappa shape index (κ2) is 6.92. The van der Waals surface area contributed by atoms with Gasteiger partial charge in [0.1, 0.15) is 0 Å². The number of hydrogen-bond acceptors (Lipinski definition) is 3. The molecule has 0 aromatic heterocycles. The fourth-order valence-corrected chi connectivity index (χ4v) is 5.99. The van der Waals surface area contributed by atoms with Gasteiger partial charge in [0, 0.05) is 31.6 Å². The third-order valence-electron chi connectivity index (χ3n) is 7.94. The summed E-state index contributed by atoms with van der Waals surface area (Å²) in [6, 6.07) is 9.82. The van der Waals surface area contributed by atoms with Crippen LogP contribution in [0.2, 0.25) is 0 Å². The molecule has 2 aliphatic heterocycles. The van der Waals surface area contributed by atoms with Crippen LogP contribution in [-0.4, -0.2) is 53.7 Å². The Kier molecular flexibility index (Phi) is 4.58. The van der Waals surface area contributed by atoms with E-state index in [1.165, 1.54) is 75.8 Å². The maximum Gasteiger partial charge on any atom is 0.0940 e. The summed E-state index contributed by atoms with van der Waals surface area (Å²) >= 11 is 0. The standard InChI is InChI=1S/C23H34N2O/c26-23(12-10-19-16-25(17-22(19)23)21-4-3-5-21)20-8-6-18(7-9-20)11-15-24-13-1-2-14-24/h6-9,19,21-22,26H,1-5,10-17H2. The van der Waals surface area contributed by atoms with Gasteiger partial charge in [-0.3, -0.25) is 4.90 Å². The Morgan fingerprint density at radius 1 is 0.962 bits per heavy atom. The van der Waals surface area contributed by atoms with Gasteiger partial charge in [-0.15, -0.1) is 0 Å². The minimum absolute atomic E-state index is 0.443. The van der Waals surface area contributed by atoms with Gasteiger partial charge in [0.05, 0.1) is 5.60 Å². The first-order chi connectivity index (χ1) is 12.7. The van der Waals surface area contributed by atoms with Crippen LogP contribution >= 0.6 is 0 Å². The molecule has 3 nitrogen and oxygen atoms in total. The van der Waals surface area contributed by atoms with E-state index in [9.17, 15) is 5.11 Å². The molecule has 26 heavy (non-hydrogen) atoms. The molecule has 2 saturated carbocycles. The van der Waals surface area contributed by atoms with Crippen molar-refractivity contribution in [2.24, 2.45) is 11.8 Å². The molecular weight excluding hydrogens is 320 g/mol. The summed E-state index contributed by atoms with van der Waals surface area (Å²) in [6.45, 7) is 6.08. The van der Waals surface area contributed by atoms with Crippen LogP contribution in [0.25, 0.3) is 0 Å². The molecule has 0 spiro atoms. The minimum Gasteiger partial charge on any atom is -0.385 e. The van der Waals surface area contributed by atoms with E-state index >= 15 is 0 Å². The molecule has 142 valence electrons. The summed E-state index contributed by atoms with van der Waals surface area (Å²) in [5, 5.41) is 11.6. The van der Waals surface area contributed by atoms with E-state index in [0.717, 1.165) is 25.4 Å². The fourth-order valence-electron chi connectivity index (χ4n) is 5.99. The molecule has 0 amide bonds. The van der Waals surface area contributed by atoms with Crippen molar-refractivity contribution in [2.45, 2.75) is 63.0 Å². The van der Waals surface area contributed by atoms with Crippen molar-refractivity contribution in [1.82, 2.24) is 9.80 Å². The molecular formula is C23H34N2O. The van der Waals surface area contributed by atoms with Gasteiger partial charge in [-0.05, 0) is 75.1 Å². The quantitative estimate of drug-likeness (QED) is 0.878. The maximum absolute atomic E-state index is 11.6. The van der Waals surface area contributed by atoms with Crippen LogP contribution in [0.1, 0.15) is 56.1 Å². The zero-order valence-corrected chi connectivity index (χ0v) is 16.1. The number of fused-ring (bicyclic) bond motifs is 1. The van der Waals surface area contributed by atoms with Gasteiger partial charge in [0.2, 0.25) is 0 Å². The predicted molar refractivity (Wildman–Crippen MR) is 105 cm³/mol. The van der Waals surface area contributed by atoms with E-state index in [2.05, 4.69) is 34.1 Å². The molecule has 1 N–H and O–H groups in total. The summed E-state index contributed by atoms with van der Waals surface area (Å²) in [7, 11) is 0. The molecule has 3 heteroatoms. The van der Waals surface area contributed by atoms with Crippen molar-refractivity contribution in [1.29, 1.82) is 0 Å². The van der Waals surface area contributed by atoms with Crippen LogP contribution in [0.3, 0.4) is 0 Å². The first kappa shape index (κ1) is 17.2. The van der Waals surface area contributed by atoms with Gasteiger partial charge in [-0.1, -0.05) is 30.7 Å². The highest BCUT2D eigenvalue weighted by atomic mass is 16.3. The molecule has 5 rings (SSSR count). The van der Waals surface area contributed by atoms with E-state index in [4.69, 9.17) is 0 Å². The zero-order valence-electron chi connectivity index (χ0n) is 16.1. The Morgan fingerprint density at radius 3 is 2.42 bits per heavy atom. The van der Waals surface area contributed by atoms with Crippen LogP contribution in [0, 0.1) is 11.8 Å². The highest BCUT2D eigenvalue weighted by Gasteiger charge is 2.53. The topological polar surface area (TPSA) is 26.7 Å². The monoisotopic (exact) mass is 354 g/mol. The molecule has 3 atom stereocenters. The Morgan fingerprint density at radius 2 is 1.73 bits per heavy atom. The average molecular weight is 355 g/mol. The number of aliphatic hydroxyl groups is 1. The first-order valence-electron chi connectivity index (χ1n) is 11.0. The Bertz CT molecular complexity index is 620. The summed E-state index contributed by atoms with van der Waals surface area (Å²) in [6.07, 6.45) is 10.2. The molecule has 0 bridgehead atoms. The van der Waals surface area contributed by atoms with E-state index < -0.39 is 5.60 Å². The SMILES string of the molecule is OC1(c2ccc(CCN3CCCC3)cc2)CCC2CN(C3CCC3)CC21. The minimum atomic E-state index is -0.587. The highest BCUT2D eigenvalue weighted by Crippen LogP contribution is 2.51. The molecule has 4 aliphatic rings. The van der Waals surface area contributed by atoms with Gasteiger partial charge >= 0.3 is 0 Å². The van der Waals surface area contributed by atoms with Crippen LogP contribution in [0.4, 0.5) is 0 Å². The van der Waals surface area contributed by atoms with Crippen LogP contribution in [0.5, 0.6) is 0 Å². The number of nitrogens with zero attached hydrogens (tertiary/aromatic N) is 2. The van der Waals surface area contributed by atoms with Crippen molar-refractivity contribution < 1.29 is 5.11 Å². The number of benzene rings is 1. The Hall–Kier alpha value is -0.900. The van der Waals surface area contributed by atoms with Crippen LogP contribution < -0.4 is 0 Å². The molecule has 1 aromatic carbocycles. The molecule has 3 unspecified atom stereocenters. The lowest BCUT2D eigenvalue weighted by Gasteiger charge is -2.37.